The predicted octanol–water partition coefficient (Wildman–Crippen LogP) is 1.31. The highest BCUT2D eigenvalue weighted by Gasteiger charge is 2.26. The fraction of sp³-hybridized carbons (Fsp3) is 0.417. The van der Waals surface area contributed by atoms with Gasteiger partial charge in [0.2, 0.25) is 0 Å². The molecule has 1 rings (SSSR count). The zero-order chi connectivity index (χ0) is 12.9. The SMILES string of the molecule is CC(C)(CCNC(=O)c1ccncc1)C(=O)O. The van der Waals surface area contributed by atoms with Crippen molar-refractivity contribution in [3.05, 3.63) is 30.1 Å². The summed E-state index contributed by atoms with van der Waals surface area (Å²) >= 11 is 0. The summed E-state index contributed by atoms with van der Waals surface area (Å²) in [7, 11) is 0. The number of hydrogen-bond acceptors (Lipinski definition) is 3. The van der Waals surface area contributed by atoms with Gasteiger partial charge in [-0.05, 0) is 32.4 Å². The van der Waals surface area contributed by atoms with Crippen LogP contribution in [-0.2, 0) is 4.79 Å². The van der Waals surface area contributed by atoms with Gasteiger partial charge in [0.25, 0.3) is 5.91 Å². The first-order valence-corrected chi connectivity index (χ1v) is 5.35. The third-order valence-electron chi connectivity index (χ3n) is 2.56. The van der Waals surface area contributed by atoms with Crippen LogP contribution < -0.4 is 5.32 Å². The van der Waals surface area contributed by atoms with Crippen LogP contribution in [0.1, 0.15) is 30.6 Å². The van der Waals surface area contributed by atoms with Crippen molar-refractivity contribution in [1.29, 1.82) is 0 Å². The van der Waals surface area contributed by atoms with Crippen molar-refractivity contribution in [3.63, 3.8) is 0 Å². The molecular formula is C12H16N2O3. The Bertz CT molecular complexity index is 401. The summed E-state index contributed by atoms with van der Waals surface area (Å²) in [5.74, 6) is -1.08. The van der Waals surface area contributed by atoms with Gasteiger partial charge in [-0.3, -0.25) is 14.6 Å². The number of carbonyl (C=O) groups is 2. The van der Waals surface area contributed by atoms with Gasteiger partial charge in [0, 0.05) is 24.5 Å². The lowest BCUT2D eigenvalue weighted by molar-refractivity contribution is -0.147. The maximum absolute atomic E-state index is 11.6. The predicted molar refractivity (Wildman–Crippen MR) is 62.6 cm³/mol. The molecule has 1 heterocycles. The van der Waals surface area contributed by atoms with Crippen LogP contribution in [-0.4, -0.2) is 28.5 Å². The van der Waals surface area contributed by atoms with Gasteiger partial charge in [-0.25, -0.2) is 0 Å². The van der Waals surface area contributed by atoms with Gasteiger partial charge >= 0.3 is 5.97 Å². The number of aliphatic carboxylic acids is 1. The second-order valence-corrected chi connectivity index (χ2v) is 4.43. The standard InChI is InChI=1S/C12H16N2O3/c1-12(2,11(16)17)5-8-14-10(15)9-3-6-13-7-4-9/h3-4,6-7H,5,8H2,1-2H3,(H,14,15)(H,16,17). The molecule has 0 saturated carbocycles. The van der Waals surface area contributed by atoms with Crippen molar-refractivity contribution in [1.82, 2.24) is 10.3 Å². The summed E-state index contributed by atoms with van der Waals surface area (Å²) in [6.45, 7) is 3.60. The molecule has 0 saturated heterocycles. The maximum Gasteiger partial charge on any atom is 0.309 e. The van der Waals surface area contributed by atoms with Gasteiger partial charge in [0.05, 0.1) is 5.41 Å². The van der Waals surface area contributed by atoms with E-state index in [0.717, 1.165) is 0 Å². The fourth-order valence-corrected chi connectivity index (χ4v) is 1.20. The molecule has 0 aliphatic heterocycles. The van der Waals surface area contributed by atoms with E-state index in [-0.39, 0.29) is 5.91 Å². The van der Waals surface area contributed by atoms with E-state index in [1.807, 2.05) is 0 Å². The number of nitrogens with zero attached hydrogens (tertiary/aromatic N) is 1. The van der Waals surface area contributed by atoms with Crippen molar-refractivity contribution >= 4 is 11.9 Å². The number of rotatable bonds is 5. The monoisotopic (exact) mass is 236 g/mol. The molecule has 1 aromatic heterocycles. The Morgan fingerprint density at radius 1 is 1.35 bits per heavy atom. The lowest BCUT2D eigenvalue weighted by atomic mass is 9.90. The molecule has 1 aromatic rings. The summed E-state index contributed by atoms with van der Waals surface area (Å²) in [6.07, 6.45) is 3.46. The van der Waals surface area contributed by atoms with E-state index in [4.69, 9.17) is 5.11 Å². The number of carboxylic acids is 1. The lowest BCUT2D eigenvalue weighted by Gasteiger charge is -2.18. The Morgan fingerprint density at radius 3 is 2.47 bits per heavy atom. The first kappa shape index (κ1) is 13.2. The smallest absolute Gasteiger partial charge is 0.309 e. The molecule has 0 aliphatic rings. The Kier molecular flexibility index (Phi) is 4.20. The molecule has 2 N–H and O–H groups in total. The van der Waals surface area contributed by atoms with E-state index in [1.165, 1.54) is 12.4 Å². The van der Waals surface area contributed by atoms with Crippen molar-refractivity contribution in [3.8, 4) is 0 Å². The molecule has 1 amide bonds. The molecule has 0 aliphatic carbocycles. The highest BCUT2D eigenvalue weighted by molar-refractivity contribution is 5.93. The minimum absolute atomic E-state index is 0.214. The Hall–Kier alpha value is -1.91. The van der Waals surface area contributed by atoms with E-state index in [0.29, 0.717) is 18.5 Å². The number of carboxylic acid groups (broad SMARTS) is 1. The number of hydrogen-bond donors (Lipinski definition) is 2. The Balaban J connectivity index is 2.43. The number of amides is 1. The van der Waals surface area contributed by atoms with Crippen LogP contribution in [0.15, 0.2) is 24.5 Å². The molecule has 0 aromatic carbocycles. The Morgan fingerprint density at radius 2 is 1.94 bits per heavy atom. The first-order chi connectivity index (χ1) is 7.93. The van der Waals surface area contributed by atoms with Crippen LogP contribution >= 0.6 is 0 Å². The van der Waals surface area contributed by atoms with Gasteiger partial charge in [-0.1, -0.05) is 0 Å². The van der Waals surface area contributed by atoms with Crippen molar-refractivity contribution in [2.75, 3.05) is 6.54 Å². The average Bonchev–Trinajstić information content (AvgIpc) is 2.29. The lowest BCUT2D eigenvalue weighted by Crippen LogP contribution is -2.31. The van der Waals surface area contributed by atoms with Gasteiger partial charge in [-0.15, -0.1) is 0 Å². The molecule has 5 heteroatoms. The maximum atomic E-state index is 11.6. The second-order valence-electron chi connectivity index (χ2n) is 4.43. The molecule has 0 spiro atoms. The van der Waals surface area contributed by atoms with Crippen LogP contribution in [0.3, 0.4) is 0 Å². The average molecular weight is 236 g/mol. The van der Waals surface area contributed by atoms with Crippen LogP contribution in [0, 0.1) is 5.41 Å². The summed E-state index contributed by atoms with van der Waals surface area (Å²) in [4.78, 5) is 26.3. The quantitative estimate of drug-likeness (QED) is 0.807. The van der Waals surface area contributed by atoms with Crippen LogP contribution in [0.4, 0.5) is 0 Å². The molecule has 0 unspecified atom stereocenters. The largest absolute Gasteiger partial charge is 0.481 e. The van der Waals surface area contributed by atoms with Crippen molar-refractivity contribution in [2.24, 2.45) is 5.41 Å². The number of aromatic nitrogens is 1. The molecule has 92 valence electrons. The van der Waals surface area contributed by atoms with Crippen molar-refractivity contribution in [2.45, 2.75) is 20.3 Å². The third kappa shape index (κ3) is 3.86. The summed E-state index contributed by atoms with van der Waals surface area (Å²) < 4.78 is 0. The minimum atomic E-state index is -0.865. The van der Waals surface area contributed by atoms with Crippen LogP contribution in [0.2, 0.25) is 0 Å². The van der Waals surface area contributed by atoms with Crippen LogP contribution in [0.5, 0.6) is 0 Å². The molecule has 5 nitrogen and oxygen atoms in total. The molecule has 0 bridgehead atoms. The molecular weight excluding hydrogens is 220 g/mol. The highest BCUT2D eigenvalue weighted by Crippen LogP contribution is 2.19. The summed E-state index contributed by atoms with van der Waals surface area (Å²) in [6, 6.07) is 3.22. The number of nitrogens with one attached hydrogen (secondary N) is 1. The number of pyridine rings is 1. The van der Waals surface area contributed by atoms with Gasteiger partial charge < -0.3 is 10.4 Å². The highest BCUT2D eigenvalue weighted by atomic mass is 16.4. The van der Waals surface area contributed by atoms with Gasteiger partial charge in [0.1, 0.15) is 0 Å². The molecule has 0 radical (unpaired) electrons. The van der Waals surface area contributed by atoms with Crippen molar-refractivity contribution < 1.29 is 14.7 Å². The normalized spacial score (nSPS) is 10.9. The van der Waals surface area contributed by atoms with E-state index < -0.39 is 11.4 Å². The van der Waals surface area contributed by atoms with E-state index in [2.05, 4.69) is 10.3 Å². The van der Waals surface area contributed by atoms with E-state index in [1.54, 1.807) is 26.0 Å². The zero-order valence-corrected chi connectivity index (χ0v) is 9.93. The first-order valence-electron chi connectivity index (χ1n) is 5.35. The molecule has 0 atom stereocenters. The Labute approximate surface area is 99.9 Å². The van der Waals surface area contributed by atoms with Crippen LogP contribution in [0.25, 0.3) is 0 Å². The van der Waals surface area contributed by atoms with Gasteiger partial charge in [-0.2, -0.15) is 0 Å². The van der Waals surface area contributed by atoms with E-state index >= 15 is 0 Å². The van der Waals surface area contributed by atoms with E-state index in [9.17, 15) is 9.59 Å². The fourth-order valence-electron chi connectivity index (χ4n) is 1.20. The third-order valence-corrected chi connectivity index (χ3v) is 2.56. The molecule has 17 heavy (non-hydrogen) atoms. The van der Waals surface area contributed by atoms with Gasteiger partial charge in [0.15, 0.2) is 0 Å². The summed E-state index contributed by atoms with van der Waals surface area (Å²) in [5.41, 5.74) is -0.306. The second kappa shape index (κ2) is 5.43. The summed E-state index contributed by atoms with van der Waals surface area (Å²) in [5, 5.41) is 11.6. The topological polar surface area (TPSA) is 79.3 Å². The minimum Gasteiger partial charge on any atom is -0.481 e. The zero-order valence-electron chi connectivity index (χ0n) is 9.93. The number of carbonyl (C=O) groups excluding carboxylic acids is 1. The molecule has 0 fully saturated rings.